The molecule has 2 heterocycles. The number of anilines is 2. The summed E-state index contributed by atoms with van der Waals surface area (Å²) in [6.45, 7) is 1.72. The summed E-state index contributed by atoms with van der Waals surface area (Å²) < 4.78 is 21.5. The van der Waals surface area contributed by atoms with E-state index in [0.717, 1.165) is 0 Å². The van der Waals surface area contributed by atoms with Gasteiger partial charge in [-0.3, -0.25) is 5.32 Å². The number of hydrogen-bond acceptors (Lipinski definition) is 8. The molecular formula is C21H18ClN5O5. The first-order chi connectivity index (χ1) is 15.5. The van der Waals surface area contributed by atoms with Crippen molar-refractivity contribution in [2.45, 2.75) is 6.92 Å². The lowest BCUT2D eigenvalue weighted by atomic mass is 10.2. The fourth-order valence-corrected chi connectivity index (χ4v) is 3.13. The van der Waals surface area contributed by atoms with E-state index in [1.165, 1.54) is 13.4 Å². The summed E-state index contributed by atoms with van der Waals surface area (Å²) in [5.74, 6) is 2.57. The minimum absolute atomic E-state index is 0.271. The number of methoxy groups -OCH3 is 2. The van der Waals surface area contributed by atoms with Crippen molar-refractivity contribution in [2.75, 3.05) is 24.9 Å². The van der Waals surface area contributed by atoms with Gasteiger partial charge in [0, 0.05) is 17.8 Å². The first-order valence-electron chi connectivity index (χ1n) is 9.32. The molecule has 0 atom stereocenters. The molecule has 2 aromatic heterocycles. The topological polar surface area (TPSA) is 121 Å². The predicted molar refractivity (Wildman–Crippen MR) is 118 cm³/mol. The van der Waals surface area contributed by atoms with Crippen LogP contribution in [0.25, 0.3) is 10.9 Å². The highest BCUT2D eigenvalue weighted by Gasteiger charge is 2.14. The van der Waals surface area contributed by atoms with Crippen LogP contribution in [0.15, 0.2) is 47.2 Å². The average molecular weight is 456 g/mol. The number of carbonyl (C=O) groups is 1. The molecule has 0 aliphatic carbocycles. The van der Waals surface area contributed by atoms with Crippen molar-refractivity contribution >= 4 is 40.0 Å². The Morgan fingerprint density at radius 3 is 2.47 bits per heavy atom. The number of aryl methyl sites for hydroxylation is 1. The molecule has 0 unspecified atom stereocenters. The molecule has 0 bridgehead atoms. The Bertz CT molecular complexity index is 1290. The summed E-state index contributed by atoms with van der Waals surface area (Å²) >= 11 is 6.37. The molecule has 11 heteroatoms. The van der Waals surface area contributed by atoms with Gasteiger partial charge in [0.05, 0.1) is 30.1 Å². The molecule has 2 N–H and O–H groups in total. The Labute approximate surface area is 187 Å². The van der Waals surface area contributed by atoms with Crippen LogP contribution in [0.3, 0.4) is 0 Å². The zero-order valence-electron chi connectivity index (χ0n) is 17.3. The SMILES string of the molecule is COc1cc2ncnc(Oc3ccc(NC(=O)Nc4cc(C)on4)cc3Cl)c2cc1OC. The highest BCUT2D eigenvalue weighted by atomic mass is 35.5. The number of nitrogens with zero attached hydrogens (tertiary/aromatic N) is 3. The van der Waals surface area contributed by atoms with Gasteiger partial charge in [0.1, 0.15) is 17.8 Å². The highest BCUT2D eigenvalue weighted by molar-refractivity contribution is 6.32. The third kappa shape index (κ3) is 4.49. The number of hydrogen-bond donors (Lipinski definition) is 2. The Balaban J connectivity index is 1.54. The van der Waals surface area contributed by atoms with E-state index in [0.29, 0.717) is 45.4 Å². The van der Waals surface area contributed by atoms with Gasteiger partial charge in [-0.25, -0.2) is 14.8 Å². The van der Waals surface area contributed by atoms with E-state index in [-0.39, 0.29) is 10.9 Å². The lowest BCUT2D eigenvalue weighted by Crippen LogP contribution is -2.19. The van der Waals surface area contributed by atoms with Crippen molar-refractivity contribution < 1.29 is 23.5 Å². The lowest BCUT2D eigenvalue weighted by molar-refractivity contribution is 0.262. The number of aromatic nitrogens is 3. The second kappa shape index (κ2) is 8.98. The van der Waals surface area contributed by atoms with Crippen LogP contribution in [-0.4, -0.2) is 35.4 Å². The van der Waals surface area contributed by atoms with Crippen LogP contribution >= 0.6 is 11.6 Å². The number of halogens is 1. The van der Waals surface area contributed by atoms with Crippen LogP contribution in [0.5, 0.6) is 23.1 Å². The van der Waals surface area contributed by atoms with Crippen molar-refractivity contribution in [3.05, 3.63) is 53.5 Å². The van der Waals surface area contributed by atoms with Crippen LogP contribution in [0, 0.1) is 6.92 Å². The van der Waals surface area contributed by atoms with E-state index in [1.54, 1.807) is 50.4 Å². The van der Waals surface area contributed by atoms with Gasteiger partial charge < -0.3 is 24.1 Å². The number of fused-ring (bicyclic) bond motifs is 1. The van der Waals surface area contributed by atoms with E-state index in [2.05, 4.69) is 25.8 Å². The summed E-state index contributed by atoms with van der Waals surface area (Å²) in [6.07, 6.45) is 1.38. The summed E-state index contributed by atoms with van der Waals surface area (Å²) in [6, 6.07) is 9.37. The maximum Gasteiger partial charge on any atom is 0.324 e. The van der Waals surface area contributed by atoms with Gasteiger partial charge in [0.15, 0.2) is 17.3 Å². The Morgan fingerprint density at radius 2 is 1.78 bits per heavy atom. The maximum atomic E-state index is 12.1. The smallest absolute Gasteiger partial charge is 0.324 e. The zero-order valence-corrected chi connectivity index (χ0v) is 18.1. The van der Waals surface area contributed by atoms with Gasteiger partial charge in [0.25, 0.3) is 0 Å². The third-order valence-corrected chi connectivity index (χ3v) is 4.67. The van der Waals surface area contributed by atoms with Gasteiger partial charge in [-0.05, 0) is 31.2 Å². The largest absolute Gasteiger partial charge is 0.493 e. The predicted octanol–water partition coefficient (Wildman–Crippen LogP) is 5.03. The monoisotopic (exact) mass is 455 g/mol. The minimum atomic E-state index is -0.495. The third-order valence-electron chi connectivity index (χ3n) is 4.37. The van der Waals surface area contributed by atoms with Gasteiger partial charge in [-0.2, -0.15) is 0 Å². The summed E-state index contributed by atoms with van der Waals surface area (Å²) in [4.78, 5) is 20.6. The zero-order chi connectivity index (χ0) is 22.7. The molecule has 164 valence electrons. The van der Waals surface area contributed by atoms with Gasteiger partial charge >= 0.3 is 6.03 Å². The molecule has 10 nitrogen and oxygen atoms in total. The van der Waals surface area contributed by atoms with E-state index in [1.807, 2.05) is 0 Å². The van der Waals surface area contributed by atoms with Crippen LogP contribution < -0.4 is 24.8 Å². The molecule has 0 radical (unpaired) electrons. The van der Waals surface area contributed by atoms with Crippen molar-refractivity contribution in [3.63, 3.8) is 0 Å². The molecule has 0 fully saturated rings. The van der Waals surface area contributed by atoms with Crippen molar-refractivity contribution in [2.24, 2.45) is 0 Å². The summed E-state index contributed by atoms with van der Waals surface area (Å²) in [7, 11) is 3.08. The van der Waals surface area contributed by atoms with E-state index >= 15 is 0 Å². The second-order valence-electron chi connectivity index (χ2n) is 6.55. The van der Waals surface area contributed by atoms with Crippen LogP contribution in [0.1, 0.15) is 5.76 Å². The number of benzene rings is 2. The van der Waals surface area contributed by atoms with Crippen LogP contribution in [0.4, 0.5) is 16.3 Å². The first-order valence-corrected chi connectivity index (χ1v) is 9.70. The fraction of sp³-hybridized carbons (Fsp3) is 0.143. The molecule has 0 aliphatic heterocycles. The Morgan fingerprint density at radius 1 is 1.00 bits per heavy atom. The molecule has 2 aromatic carbocycles. The molecule has 2 amide bonds. The highest BCUT2D eigenvalue weighted by Crippen LogP contribution is 2.37. The Hall–Kier alpha value is -4.05. The molecular weight excluding hydrogens is 438 g/mol. The molecule has 0 spiro atoms. The molecule has 32 heavy (non-hydrogen) atoms. The van der Waals surface area contributed by atoms with Crippen molar-refractivity contribution in [3.8, 4) is 23.1 Å². The quantitative estimate of drug-likeness (QED) is 0.415. The van der Waals surface area contributed by atoms with Crippen molar-refractivity contribution in [1.82, 2.24) is 15.1 Å². The van der Waals surface area contributed by atoms with Gasteiger partial charge in [-0.1, -0.05) is 16.8 Å². The van der Waals surface area contributed by atoms with Crippen LogP contribution in [-0.2, 0) is 0 Å². The Kier molecular flexibility index (Phi) is 5.95. The lowest BCUT2D eigenvalue weighted by Gasteiger charge is -2.13. The molecule has 4 rings (SSSR count). The average Bonchev–Trinajstić information content (AvgIpc) is 3.19. The summed E-state index contributed by atoms with van der Waals surface area (Å²) in [5.41, 5.74) is 1.07. The first kappa shape index (κ1) is 21.2. The van der Waals surface area contributed by atoms with E-state index in [9.17, 15) is 4.79 Å². The minimum Gasteiger partial charge on any atom is -0.493 e. The second-order valence-corrected chi connectivity index (χ2v) is 6.96. The molecule has 0 saturated carbocycles. The van der Waals surface area contributed by atoms with Gasteiger partial charge in [-0.15, -0.1) is 0 Å². The number of carbonyl (C=O) groups excluding carboxylic acids is 1. The van der Waals surface area contributed by atoms with E-state index in [4.69, 9.17) is 30.3 Å². The van der Waals surface area contributed by atoms with E-state index < -0.39 is 6.03 Å². The molecule has 4 aromatic rings. The molecule has 0 aliphatic rings. The summed E-state index contributed by atoms with van der Waals surface area (Å²) in [5, 5.41) is 9.81. The normalized spacial score (nSPS) is 10.6. The number of ether oxygens (including phenoxy) is 3. The number of amides is 2. The molecule has 0 saturated heterocycles. The maximum absolute atomic E-state index is 12.1. The fourth-order valence-electron chi connectivity index (χ4n) is 2.91. The van der Waals surface area contributed by atoms with Crippen molar-refractivity contribution in [1.29, 1.82) is 0 Å². The number of nitrogens with one attached hydrogen (secondary N) is 2. The standard InChI is InChI=1S/C21H18ClN5O5/c1-11-6-19(27-32-11)26-21(28)25-12-4-5-16(14(22)7-12)31-20-13-8-17(29-2)18(30-3)9-15(13)23-10-24-20/h4-10H,1-3H3,(H2,25,26,27,28). The number of urea groups is 1. The van der Waals surface area contributed by atoms with Crippen LogP contribution in [0.2, 0.25) is 5.02 Å². The van der Waals surface area contributed by atoms with Gasteiger partial charge in [0.2, 0.25) is 5.88 Å². The number of rotatable bonds is 6.